The number of benzene rings is 1. The number of carbonyl (C=O) groups is 2. The third-order valence-electron chi connectivity index (χ3n) is 2.27. The van der Waals surface area contributed by atoms with Crippen LogP contribution in [0.25, 0.3) is 0 Å². The number of nitriles is 1. The van der Waals surface area contributed by atoms with Crippen LogP contribution in [0.3, 0.4) is 0 Å². The zero-order valence-corrected chi connectivity index (χ0v) is 9.59. The van der Waals surface area contributed by atoms with Crippen LogP contribution in [0.5, 0.6) is 0 Å². The van der Waals surface area contributed by atoms with Crippen LogP contribution in [0.15, 0.2) is 24.3 Å². The zero-order chi connectivity index (χ0) is 13.5. The molecular formula is C12H13N3O3. The van der Waals surface area contributed by atoms with Crippen molar-refractivity contribution in [3.8, 4) is 6.07 Å². The second kappa shape index (κ2) is 6.37. The molecule has 1 aromatic carbocycles. The van der Waals surface area contributed by atoms with E-state index in [4.69, 9.17) is 16.1 Å². The Hall–Kier alpha value is -2.39. The van der Waals surface area contributed by atoms with E-state index in [2.05, 4.69) is 5.32 Å². The average Bonchev–Trinajstić information content (AvgIpc) is 2.36. The standard InChI is InChI=1S/C12H13N3O3/c13-6-9-3-1-8(2-4-9)5-11(17)15-7-10(16)12(14)18/h1-4,10,16H,5,7H2,(H2,14,18)(H,15,17). The molecule has 4 N–H and O–H groups in total. The van der Waals surface area contributed by atoms with Gasteiger partial charge in [-0.25, -0.2) is 0 Å². The summed E-state index contributed by atoms with van der Waals surface area (Å²) in [6.45, 7) is -0.204. The predicted octanol–water partition coefficient (Wildman–Crippen LogP) is -0.937. The van der Waals surface area contributed by atoms with Crippen molar-refractivity contribution in [2.45, 2.75) is 12.5 Å². The summed E-state index contributed by atoms with van der Waals surface area (Å²) < 4.78 is 0. The van der Waals surface area contributed by atoms with Gasteiger partial charge in [0.25, 0.3) is 0 Å². The molecule has 0 spiro atoms. The molecule has 94 valence electrons. The highest BCUT2D eigenvalue weighted by molar-refractivity contribution is 5.81. The van der Waals surface area contributed by atoms with E-state index in [0.717, 1.165) is 5.56 Å². The van der Waals surface area contributed by atoms with Crippen LogP contribution >= 0.6 is 0 Å². The smallest absolute Gasteiger partial charge is 0.248 e. The Labute approximate surface area is 104 Å². The van der Waals surface area contributed by atoms with Gasteiger partial charge in [0.1, 0.15) is 6.10 Å². The second-order valence-electron chi connectivity index (χ2n) is 3.71. The highest BCUT2D eigenvalue weighted by Gasteiger charge is 2.12. The molecule has 6 heteroatoms. The molecule has 0 aliphatic rings. The quantitative estimate of drug-likeness (QED) is 0.622. The number of rotatable bonds is 5. The molecule has 18 heavy (non-hydrogen) atoms. The maximum absolute atomic E-state index is 11.5. The van der Waals surface area contributed by atoms with E-state index in [1.807, 2.05) is 6.07 Å². The molecule has 2 amide bonds. The van der Waals surface area contributed by atoms with Gasteiger partial charge in [-0.2, -0.15) is 5.26 Å². The van der Waals surface area contributed by atoms with Crippen LogP contribution < -0.4 is 11.1 Å². The fourth-order valence-electron chi connectivity index (χ4n) is 1.26. The number of carbonyl (C=O) groups excluding carboxylic acids is 2. The van der Waals surface area contributed by atoms with Gasteiger partial charge in [-0.05, 0) is 17.7 Å². The van der Waals surface area contributed by atoms with Gasteiger partial charge in [0.2, 0.25) is 11.8 Å². The molecule has 0 bridgehead atoms. The Kier molecular flexibility index (Phi) is 4.84. The van der Waals surface area contributed by atoms with Crippen molar-refractivity contribution in [1.82, 2.24) is 5.32 Å². The molecule has 0 saturated carbocycles. The van der Waals surface area contributed by atoms with Crippen molar-refractivity contribution in [3.63, 3.8) is 0 Å². The molecular weight excluding hydrogens is 234 g/mol. The molecule has 0 fully saturated rings. The summed E-state index contributed by atoms with van der Waals surface area (Å²) in [5, 5.41) is 20.1. The summed E-state index contributed by atoms with van der Waals surface area (Å²) in [6.07, 6.45) is -1.27. The van der Waals surface area contributed by atoms with Crippen LogP contribution in [0.4, 0.5) is 0 Å². The topological polar surface area (TPSA) is 116 Å². The van der Waals surface area contributed by atoms with Crippen LogP contribution in [-0.2, 0) is 16.0 Å². The Morgan fingerprint density at radius 2 is 2.00 bits per heavy atom. The van der Waals surface area contributed by atoms with Crippen molar-refractivity contribution < 1.29 is 14.7 Å². The normalized spacial score (nSPS) is 11.3. The van der Waals surface area contributed by atoms with Gasteiger partial charge in [-0.1, -0.05) is 12.1 Å². The molecule has 0 aromatic heterocycles. The number of primary amides is 1. The maximum atomic E-state index is 11.5. The molecule has 1 rings (SSSR count). The molecule has 1 aromatic rings. The minimum atomic E-state index is -1.38. The molecule has 1 atom stereocenters. The van der Waals surface area contributed by atoms with E-state index in [9.17, 15) is 9.59 Å². The van der Waals surface area contributed by atoms with Crippen molar-refractivity contribution in [2.24, 2.45) is 5.73 Å². The molecule has 0 aliphatic carbocycles. The largest absolute Gasteiger partial charge is 0.381 e. The lowest BCUT2D eigenvalue weighted by molar-refractivity contribution is -0.126. The highest BCUT2D eigenvalue weighted by atomic mass is 16.3. The molecule has 0 heterocycles. The van der Waals surface area contributed by atoms with E-state index in [-0.39, 0.29) is 18.9 Å². The minimum absolute atomic E-state index is 0.108. The predicted molar refractivity (Wildman–Crippen MR) is 63.1 cm³/mol. The lowest BCUT2D eigenvalue weighted by Crippen LogP contribution is -2.40. The molecule has 1 unspecified atom stereocenters. The van der Waals surface area contributed by atoms with Gasteiger partial charge >= 0.3 is 0 Å². The number of nitrogens with two attached hydrogens (primary N) is 1. The van der Waals surface area contributed by atoms with Crippen molar-refractivity contribution in [3.05, 3.63) is 35.4 Å². The molecule has 6 nitrogen and oxygen atoms in total. The fourth-order valence-corrected chi connectivity index (χ4v) is 1.26. The van der Waals surface area contributed by atoms with E-state index >= 15 is 0 Å². The van der Waals surface area contributed by atoms with E-state index in [0.29, 0.717) is 5.56 Å². The molecule has 0 saturated heterocycles. The van der Waals surface area contributed by atoms with Crippen LogP contribution in [-0.4, -0.2) is 29.6 Å². The van der Waals surface area contributed by atoms with Gasteiger partial charge in [0.05, 0.1) is 24.6 Å². The fraction of sp³-hybridized carbons (Fsp3) is 0.250. The third-order valence-corrected chi connectivity index (χ3v) is 2.27. The van der Waals surface area contributed by atoms with Crippen LogP contribution in [0, 0.1) is 11.3 Å². The first-order valence-corrected chi connectivity index (χ1v) is 5.26. The second-order valence-corrected chi connectivity index (χ2v) is 3.71. The van der Waals surface area contributed by atoms with Gasteiger partial charge < -0.3 is 16.2 Å². The lowest BCUT2D eigenvalue weighted by atomic mass is 10.1. The Morgan fingerprint density at radius 3 is 2.50 bits per heavy atom. The Morgan fingerprint density at radius 1 is 1.39 bits per heavy atom. The first kappa shape index (κ1) is 13.7. The van der Waals surface area contributed by atoms with Crippen LogP contribution in [0.2, 0.25) is 0 Å². The Balaban J connectivity index is 2.45. The summed E-state index contributed by atoms with van der Waals surface area (Å²) >= 11 is 0. The summed E-state index contributed by atoms with van der Waals surface area (Å²) in [6, 6.07) is 8.54. The van der Waals surface area contributed by atoms with E-state index in [1.54, 1.807) is 24.3 Å². The number of nitrogens with one attached hydrogen (secondary N) is 1. The monoisotopic (exact) mass is 247 g/mol. The number of aliphatic hydroxyl groups is 1. The number of nitrogens with zero attached hydrogens (tertiary/aromatic N) is 1. The number of aliphatic hydroxyl groups excluding tert-OH is 1. The van der Waals surface area contributed by atoms with Gasteiger partial charge in [-0.15, -0.1) is 0 Å². The summed E-state index contributed by atoms with van der Waals surface area (Å²) in [5.41, 5.74) is 6.09. The van der Waals surface area contributed by atoms with Crippen molar-refractivity contribution >= 4 is 11.8 Å². The first-order valence-electron chi connectivity index (χ1n) is 5.26. The Bertz CT molecular complexity index is 476. The zero-order valence-electron chi connectivity index (χ0n) is 9.59. The summed E-state index contributed by atoms with van der Waals surface area (Å²) in [4.78, 5) is 22.0. The third kappa shape index (κ3) is 4.23. The van der Waals surface area contributed by atoms with E-state index < -0.39 is 12.0 Å². The summed E-state index contributed by atoms with van der Waals surface area (Å²) in [7, 11) is 0. The van der Waals surface area contributed by atoms with Crippen molar-refractivity contribution in [2.75, 3.05) is 6.54 Å². The van der Waals surface area contributed by atoms with Gasteiger partial charge in [0, 0.05) is 0 Å². The van der Waals surface area contributed by atoms with E-state index in [1.165, 1.54) is 0 Å². The highest BCUT2D eigenvalue weighted by Crippen LogP contribution is 2.03. The van der Waals surface area contributed by atoms with Crippen molar-refractivity contribution in [1.29, 1.82) is 5.26 Å². The lowest BCUT2D eigenvalue weighted by Gasteiger charge is -2.08. The molecule has 0 aliphatic heterocycles. The average molecular weight is 247 g/mol. The SMILES string of the molecule is N#Cc1ccc(CC(=O)NCC(O)C(N)=O)cc1. The first-order chi connectivity index (χ1) is 8.52. The summed E-state index contributed by atoms with van der Waals surface area (Å²) in [5.74, 6) is -1.21. The van der Waals surface area contributed by atoms with Crippen LogP contribution in [0.1, 0.15) is 11.1 Å². The van der Waals surface area contributed by atoms with Gasteiger partial charge in [-0.3, -0.25) is 9.59 Å². The number of amides is 2. The number of hydrogen-bond acceptors (Lipinski definition) is 4. The maximum Gasteiger partial charge on any atom is 0.248 e. The number of hydrogen-bond donors (Lipinski definition) is 3. The minimum Gasteiger partial charge on any atom is -0.381 e. The van der Waals surface area contributed by atoms with Gasteiger partial charge in [0.15, 0.2) is 0 Å². The molecule has 0 radical (unpaired) electrons.